The molecule has 0 aliphatic carbocycles. The summed E-state index contributed by atoms with van der Waals surface area (Å²) in [6, 6.07) is 0. The number of thioether (sulfide) groups is 1. The van der Waals surface area contributed by atoms with E-state index in [1.54, 1.807) is 0 Å². The molecule has 0 aliphatic rings. The van der Waals surface area contributed by atoms with Crippen LogP contribution in [0.25, 0.3) is 0 Å². The highest BCUT2D eigenvalue weighted by Crippen LogP contribution is 2.24. The molecule has 1 N–H and O–H groups in total. The number of carbonyl (C=O) groups is 1. The third-order valence-electron chi connectivity index (χ3n) is 2.37. The fraction of sp³-hybridized carbons (Fsp3) is 0.417. The molecular formula is C12H14ClN5OS2. The molecule has 0 fully saturated rings. The Morgan fingerprint density at radius 1 is 1.48 bits per heavy atom. The second kappa shape index (κ2) is 7.15. The maximum absolute atomic E-state index is 12.2. The lowest BCUT2D eigenvalue weighted by atomic mass is 10.2. The summed E-state index contributed by atoms with van der Waals surface area (Å²) in [5, 5.41) is 12.6. The Kier molecular flexibility index (Phi) is 5.49. The van der Waals surface area contributed by atoms with Gasteiger partial charge in [0.25, 0.3) is 5.91 Å². The van der Waals surface area contributed by atoms with E-state index in [0.717, 1.165) is 10.8 Å². The van der Waals surface area contributed by atoms with Crippen LogP contribution in [0.5, 0.6) is 0 Å². The van der Waals surface area contributed by atoms with Crippen molar-refractivity contribution in [2.24, 2.45) is 0 Å². The smallest absolute Gasteiger partial charge is 0.277 e. The third kappa shape index (κ3) is 4.12. The molecule has 0 saturated heterocycles. The van der Waals surface area contributed by atoms with Crippen LogP contribution in [0, 0.1) is 0 Å². The zero-order valence-electron chi connectivity index (χ0n) is 11.8. The van der Waals surface area contributed by atoms with Gasteiger partial charge in [-0.05, 0) is 5.75 Å². The van der Waals surface area contributed by atoms with Crippen LogP contribution in [0.3, 0.4) is 0 Å². The van der Waals surface area contributed by atoms with Crippen molar-refractivity contribution in [3.8, 4) is 0 Å². The molecule has 0 atom stereocenters. The molecule has 0 unspecified atom stereocenters. The van der Waals surface area contributed by atoms with Gasteiger partial charge in [-0.3, -0.25) is 10.1 Å². The maximum Gasteiger partial charge on any atom is 0.277 e. The Labute approximate surface area is 135 Å². The monoisotopic (exact) mass is 343 g/mol. The highest BCUT2D eigenvalue weighted by atomic mass is 35.5. The number of hydrogen-bond donors (Lipinski definition) is 1. The van der Waals surface area contributed by atoms with Crippen LogP contribution in [-0.4, -0.2) is 31.8 Å². The van der Waals surface area contributed by atoms with E-state index in [4.69, 9.17) is 11.6 Å². The zero-order chi connectivity index (χ0) is 15.4. The predicted molar refractivity (Wildman–Crippen MR) is 85.4 cm³/mol. The highest BCUT2D eigenvalue weighted by molar-refractivity contribution is 7.99. The summed E-state index contributed by atoms with van der Waals surface area (Å²) in [5.41, 5.74) is 0.143. The molecule has 112 valence electrons. The summed E-state index contributed by atoms with van der Waals surface area (Å²) in [4.78, 5) is 20.4. The number of rotatable bonds is 5. The Bertz CT molecular complexity index is 646. The van der Waals surface area contributed by atoms with Gasteiger partial charge >= 0.3 is 0 Å². The molecule has 0 bridgehead atoms. The predicted octanol–water partition coefficient (Wildman–Crippen LogP) is 3.47. The lowest BCUT2D eigenvalue weighted by Gasteiger charge is -2.04. The first kappa shape index (κ1) is 16.1. The van der Waals surface area contributed by atoms with Gasteiger partial charge in [-0.15, -0.1) is 10.2 Å². The van der Waals surface area contributed by atoms with Crippen molar-refractivity contribution in [2.75, 3.05) is 11.1 Å². The first-order chi connectivity index (χ1) is 10.0. The summed E-state index contributed by atoms with van der Waals surface area (Å²) in [7, 11) is 0. The number of nitrogens with zero attached hydrogens (tertiary/aromatic N) is 4. The Hall–Kier alpha value is -1.25. The van der Waals surface area contributed by atoms with Gasteiger partial charge in [0, 0.05) is 5.92 Å². The van der Waals surface area contributed by atoms with Gasteiger partial charge in [0.1, 0.15) is 5.01 Å². The first-order valence-electron chi connectivity index (χ1n) is 6.31. The van der Waals surface area contributed by atoms with Crippen molar-refractivity contribution >= 4 is 45.7 Å². The van der Waals surface area contributed by atoms with E-state index in [2.05, 4.69) is 25.5 Å². The fourth-order valence-electron chi connectivity index (χ4n) is 1.38. The summed E-state index contributed by atoms with van der Waals surface area (Å²) >= 11 is 8.77. The van der Waals surface area contributed by atoms with Crippen LogP contribution in [-0.2, 0) is 0 Å². The Morgan fingerprint density at radius 2 is 2.24 bits per heavy atom. The van der Waals surface area contributed by atoms with Crippen molar-refractivity contribution in [1.82, 2.24) is 20.2 Å². The topological polar surface area (TPSA) is 80.7 Å². The van der Waals surface area contributed by atoms with Crippen LogP contribution in [0.15, 0.2) is 11.4 Å². The number of aromatic nitrogens is 4. The number of anilines is 1. The van der Waals surface area contributed by atoms with Gasteiger partial charge in [0.2, 0.25) is 5.13 Å². The molecule has 0 radical (unpaired) electrons. The molecule has 2 aromatic rings. The average molecular weight is 344 g/mol. The minimum atomic E-state index is -0.410. The number of halogens is 1. The largest absolute Gasteiger partial charge is 0.295 e. The second-order valence-electron chi connectivity index (χ2n) is 4.34. The molecule has 2 aromatic heterocycles. The normalized spacial score (nSPS) is 10.9. The summed E-state index contributed by atoms with van der Waals surface area (Å²) in [5.74, 6) is 0.673. The minimum Gasteiger partial charge on any atom is -0.295 e. The molecule has 0 saturated carbocycles. The van der Waals surface area contributed by atoms with Gasteiger partial charge in [0.05, 0.1) is 11.2 Å². The first-order valence-corrected chi connectivity index (χ1v) is 8.49. The lowest BCUT2D eigenvalue weighted by molar-refractivity contribution is 0.102. The Morgan fingerprint density at radius 3 is 2.86 bits per heavy atom. The van der Waals surface area contributed by atoms with E-state index in [0.29, 0.717) is 10.3 Å². The zero-order valence-corrected chi connectivity index (χ0v) is 14.1. The molecule has 9 heteroatoms. The SMILES string of the molecule is CCSc1ncc(Cl)c(C(=O)Nc2nnc(C(C)C)s2)n1. The molecule has 0 aromatic carbocycles. The van der Waals surface area contributed by atoms with Crippen LogP contribution in [0.2, 0.25) is 5.02 Å². The highest BCUT2D eigenvalue weighted by Gasteiger charge is 2.17. The molecule has 1 amide bonds. The van der Waals surface area contributed by atoms with Crippen LogP contribution in [0.4, 0.5) is 5.13 Å². The molecule has 0 aliphatic heterocycles. The third-order valence-corrected chi connectivity index (χ3v) is 4.52. The van der Waals surface area contributed by atoms with Crippen molar-refractivity contribution in [3.05, 3.63) is 21.9 Å². The van der Waals surface area contributed by atoms with E-state index < -0.39 is 5.91 Å². The molecule has 6 nitrogen and oxygen atoms in total. The van der Waals surface area contributed by atoms with E-state index in [1.807, 2.05) is 20.8 Å². The van der Waals surface area contributed by atoms with Crippen molar-refractivity contribution < 1.29 is 4.79 Å². The number of nitrogens with one attached hydrogen (secondary N) is 1. The number of carbonyl (C=O) groups excluding carboxylic acids is 1. The number of amides is 1. The van der Waals surface area contributed by atoms with Crippen molar-refractivity contribution in [3.63, 3.8) is 0 Å². The molecule has 0 spiro atoms. The van der Waals surface area contributed by atoms with E-state index in [1.165, 1.54) is 29.3 Å². The standard InChI is InChI=1S/C12H14ClN5OS2/c1-4-20-11-14-5-7(13)8(15-11)9(19)16-12-18-17-10(21-12)6(2)3/h5-6H,4H2,1-3H3,(H,16,18,19). The van der Waals surface area contributed by atoms with Crippen molar-refractivity contribution in [2.45, 2.75) is 31.8 Å². The van der Waals surface area contributed by atoms with Crippen LogP contribution in [0.1, 0.15) is 42.2 Å². The summed E-state index contributed by atoms with van der Waals surface area (Å²) in [6.45, 7) is 6.01. The van der Waals surface area contributed by atoms with Crippen LogP contribution >= 0.6 is 34.7 Å². The molecular weight excluding hydrogens is 330 g/mol. The molecule has 2 rings (SSSR count). The van der Waals surface area contributed by atoms with Gasteiger partial charge in [0.15, 0.2) is 10.9 Å². The van der Waals surface area contributed by atoms with E-state index in [-0.39, 0.29) is 16.6 Å². The van der Waals surface area contributed by atoms with E-state index in [9.17, 15) is 4.79 Å². The maximum atomic E-state index is 12.2. The average Bonchev–Trinajstić information content (AvgIpc) is 2.90. The van der Waals surface area contributed by atoms with Crippen LogP contribution < -0.4 is 5.32 Å². The Balaban J connectivity index is 2.17. The van der Waals surface area contributed by atoms with Gasteiger partial charge in [-0.2, -0.15) is 0 Å². The summed E-state index contributed by atoms with van der Waals surface area (Å²) in [6.07, 6.45) is 1.43. The number of hydrogen-bond acceptors (Lipinski definition) is 7. The molecule has 2 heterocycles. The quantitative estimate of drug-likeness (QED) is 0.661. The fourth-order valence-corrected chi connectivity index (χ4v) is 2.84. The molecule has 21 heavy (non-hydrogen) atoms. The summed E-state index contributed by atoms with van der Waals surface area (Å²) < 4.78 is 0. The van der Waals surface area contributed by atoms with Gasteiger partial charge in [-0.1, -0.05) is 55.5 Å². The van der Waals surface area contributed by atoms with E-state index >= 15 is 0 Å². The minimum absolute atomic E-state index is 0.143. The van der Waals surface area contributed by atoms with Crippen molar-refractivity contribution in [1.29, 1.82) is 0 Å². The van der Waals surface area contributed by atoms with Gasteiger partial charge in [-0.25, -0.2) is 9.97 Å². The second-order valence-corrected chi connectivity index (χ2v) is 6.98. The van der Waals surface area contributed by atoms with Gasteiger partial charge < -0.3 is 0 Å². The lowest BCUT2D eigenvalue weighted by Crippen LogP contribution is -2.15.